The number of fused-ring (bicyclic) bond motifs is 2. The molecule has 2 aromatic carbocycles. The second kappa shape index (κ2) is 16.1. The van der Waals surface area contributed by atoms with Gasteiger partial charge in [0.25, 0.3) is 0 Å². The van der Waals surface area contributed by atoms with Crippen LogP contribution in [0.15, 0.2) is 60.9 Å². The molecule has 0 aliphatic carbocycles. The third kappa shape index (κ3) is 8.95. The number of aliphatic carboxylic acids is 1. The monoisotopic (exact) mass is 631 g/mol. The molecule has 0 fully saturated rings. The van der Waals surface area contributed by atoms with Crippen LogP contribution in [-0.2, 0) is 32.0 Å². The molecule has 0 aliphatic heterocycles. The van der Waals surface area contributed by atoms with E-state index in [1.807, 2.05) is 68.6 Å². The number of aromatic nitrogens is 2. The molecular formula is C34H45N7O5. The molecule has 0 bridgehead atoms. The van der Waals surface area contributed by atoms with Crippen molar-refractivity contribution in [2.75, 3.05) is 6.54 Å². The van der Waals surface area contributed by atoms with E-state index in [0.29, 0.717) is 19.4 Å². The van der Waals surface area contributed by atoms with Gasteiger partial charge in [-0.05, 0) is 67.8 Å². The van der Waals surface area contributed by atoms with Gasteiger partial charge in [-0.2, -0.15) is 0 Å². The Morgan fingerprint density at radius 3 is 1.83 bits per heavy atom. The number of nitrogens with two attached hydrogens (primary N) is 2. The van der Waals surface area contributed by atoms with E-state index in [-0.39, 0.29) is 31.6 Å². The van der Waals surface area contributed by atoms with Gasteiger partial charge < -0.3 is 42.5 Å². The molecule has 46 heavy (non-hydrogen) atoms. The van der Waals surface area contributed by atoms with Crippen LogP contribution in [0, 0.1) is 5.92 Å². The summed E-state index contributed by atoms with van der Waals surface area (Å²) in [5, 5.41) is 19.8. The van der Waals surface area contributed by atoms with Crippen molar-refractivity contribution in [1.29, 1.82) is 0 Å². The van der Waals surface area contributed by atoms with Crippen molar-refractivity contribution in [1.82, 2.24) is 25.9 Å². The van der Waals surface area contributed by atoms with Crippen molar-refractivity contribution < 1.29 is 24.3 Å². The lowest BCUT2D eigenvalue weighted by atomic mass is 9.99. The number of aromatic amines is 2. The number of carboxylic acids is 1. The fourth-order valence-corrected chi connectivity index (χ4v) is 5.64. The van der Waals surface area contributed by atoms with Crippen molar-refractivity contribution in [2.45, 2.75) is 76.5 Å². The molecule has 4 unspecified atom stereocenters. The van der Waals surface area contributed by atoms with Crippen molar-refractivity contribution >= 4 is 45.5 Å². The molecule has 0 radical (unpaired) electrons. The zero-order valence-electron chi connectivity index (χ0n) is 26.3. The van der Waals surface area contributed by atoms with E-state index in [4.69, 9.17) is 11.5 Å². The summed E-state index contributed by atoms with van der Waals surface area (Å²) in [6, 6.07) is 11.2. The zero-order chi connectivity index (χ0) is 33.2. The fraction of sp³-hybridized carbons (Fsp3) is 0.412. The molecule has 0 aliphatic rings. The Bertz CT molecular complexity index is 1640. The van der Waals surface area contributed by atoms with Gasteiger partial charge in [0.1, 0.15) is 18.1 Å². The number of hydrogen-bond donors (Lipinski definition) is 8. The highest BCUT2D eigenvalue weighted by Crippen LogP contribution is 2.21. The minimum atomic E-state index is -1.16. The third-order valence-electron chi connectivity index (χ3n) is 8.09. The molecule has 0 saturated carbocycles. The SMILES string of the molecule is CC(C)CC(NC(=O)C(Cc1c[nH]c2ccccc12)NC(=O)C(N)Cc1c[nH]c2ccccc12)C(=O)NC(CCCCN)C(=O)O. The normalized spacial score (nSPS) is 14.1. The molecule has 2 aromatic heterocycles. The fourth-order valence-electron chi connectivity index (χ4n) is 5.64. The quantitative estimate of drug-likeness (QED) is 0.0816. The second-order valence-electron chi connectivity index (χ2n) is 12.2. The van der Waals surface area contributed by atoms with E-state index in [0.717, 1.165) is 32.9 Å². The van der Waals surface area contributed by atoms with Crippen LogP contribution >= 0.6 is 0 Å². The van der Waals surface area contributed by atoms with E-state index in [2.05, 4.69) is 25.9 Å². The van der Waals surface area contributed by atoms with Crippen LogP contribution in [0.5, 0.6) is 0 Å². The first-order valence-electron chi connectivity index (χ1n) is 15.8. The Balaban J connectivity index is 1.53. The van der Waals surface area contributed by atoms with Crippen molar-refractivity contribution in [2.24, 2.45) is 17.4 Å². The summed E-state index contributed by atoms with van der Waals surface area (Å²) in [7, 11) is 0. The van der Waals surface area contributed by atoms with E-state index < -0.39 is 47.9 Å². The molecule has 12 nitrogen and oxygen atoms in total. The van der Waals surface area contributed by atoms with E-state index in [1.54, 1.807) is 6.20 Å². The largest absolute Gasteiger partial charge is 0.480 e. The van der Waals surface area contributed by atoms with Gasteiger partial charge in [0.05, 0.1) is 6.04 Å². The van der Waals surface area contributed by atoms with Crippen LogP contribution in [0.1, 0.15) is 50.7 Å². The Morgan fingerprint density at radius 2 is 1.26 bits per heavy atom. The molecule has 0 saturated heterocycles. The summed E-state index contributed by atoms with van der Waals surface area (Å²) in [6.07, 6.45) is 5.64. The first-order chi connectivity index (χ1) is 22.1. The van der Waals surface area contributed by atoms with Gasteiger partial charge in [-0.3, -0.25) is 14.4 Å². The Morgan fingerprint density at radius 1 is 0.739 bits per heavy atom. The van der Waals surface area contributed by atoms with E-state index in [1.165, 1.54) is 0 Å². The van der Waals surface area contributed by atoms with Crippen LogP contribution in [0.25, 0.3) is 21.8 Å². The van der Waals surface area contributed by atoms with Gasteiger partial charge in [-0.1, -0.05) is 50.2 Å². The molecule has 3 amide bonds. The molecular weight excluding hydrogens is 586 g/mol. The number of carbonyl (C=O) groups is 4. The minimum Gasteiger partial charge on any atom is -0.480 e. The number of para-hydroxylation sites is 2. The second-order valence-corrected chi connectivity index (χ2v) is 12.2. The summed E-state index contributed by atoms with van der Waals surface area (Å²) < 4.78 is 0. The van der Waals surface area contributed by atoms with Gasteiger partial charge in [0.15, 0.2) is 0 Å². The highest BCUT2D eigenvalue weighted by molar-refractivity contribution is 5.95. The van der Waals surface area contributed by atoms with Crippen LogP contribution < -0.4 is 27.4 Å². The molecule has 4 rings (SSSR count). The molecule has 4 atom stereocenters. The average molecular weight is 632 g/mol. The van der Waals surface area contributed by atoms with Crippen molar-refractivity contribution in [3.63, 3.8) is 0 Å². The molecule has 10 N–H and O–H groups in total. The van der Waals surface area contributed by atoms with E-state index >= 15 is 0 Å². The van der Waals surface area contributed by atoms with Gasteiger partial charge in [0, 0.05) is 40.6 Å². The predicted octanol–water partition coefficient (Wildman–Crippen LogP) is 2.48. The number of hydrogen-bond acceptors (Lipinski definition) is 6. The smallest absolute Gasteiger partial charge is 0.326 e. The number of amides is 3. The number of unbranched alkanes of at least 4 members (excludes halogenated alkanes) is 1. The first-order valence-corrected chi connectivity index (χ1v) is 15.8. The highest BCUT2D eigenvalue weighted by atomic mass is 16.4. The van der Waals surface area contributed by atoms with Crippen LogP contribution in [0.2, 0.25) is 0 Å². The Hall–Kier alpha value is -4.68. The number of H-pyrrole nitrogens is 2. The van der Waals surface area contributed by atoms with Gasteiger partial charge in [-0.15, -0.1) is 0 Å². The lowest BCUT2D eigenvalue weighted by Crippen LogP contribution is -2.58. The number of carbonyl (C=O) groups excluding carboxylic acids is 3. The predicted molar refractivity (Wildman–Crippen MR) is 178 cm³/mol. The average Bonchev–Trinajstić information content (AvgIpc) is 3.63. The highest BCUT2D eigenvalue weighted by Gasteiger charge is 2.31. The maximum Gasteiger partial charge on any atom is 0.326 e. The molecule has 0 spiro atoms. The number of nitrogens with one attached hydrogen (secondary N) is 5. The van der Waals surface area contributed by atoms with Gasteiger partial charge in [-0.25, -0.2) is 4.79 Å². The standard InChI is InChI=1S/C34H45N7O5/c1-20(2)15-29(32(43)39-28(34(45)46)13-7-8-14-35)41-33(44)30(17-22-19-38-27-12-6-4-10-24(22)27)40-31(42)25(36)16-21-18-37-26-11-5-3-9-23(21)26/h3-6,9-12,18-20,25,28-30,37-38H,7-8,13-17,35-36H2,1-2H3,(H,39,43)(H,40,42)(H,41,44)(H,45,46). The van der Waals surface area contributed by atoms with E-state index in [9.17, 15) is 24.3 Å². The number of rotatable bonds is 17. The van der Waals surface area contributed by atoms with Crippen molar-refractivity contribution in [3.05, 3.63) is 72.1 Å². The lowest BCUT2D eigenvalue weighted by molar-refractivity contribution is -0.142. The van der Waals surface area contributed by atoms with Crippen LogP contribution in [0.3, 0.4) is 0 Å². The van der Waals surface area contributed by atoms with Gasteiger partial charge in [0.2, 0.25) is 17.7 Å². The minimum absolute atomic E-state index is 0.00261. The maximum atomic E-state index is 13.9. The molecule has 246 valence electrons. The lowest BCUT2D eigenvalue weighted by Gasteiger charge is -2.26. The molecule has 4 aromatic rings. The third-order valence-corrected chi connectivity index (χ3v) is 8.09. The summed E-state index contributed by atoms with van der Waals surface area (Å²) in [5.41, 5.74) is 15.4. The molecule has 12 heteroatoms. The first kappa shape index (κ1) is 34.2. The van der Waals surface area contributed by atoms with Crippen LogP contribution in [-0.4, -0.2) is 69.5 Å². The summed E-state index contributed by atoms with van der Waals surface area (Å²) >= 11 is 0. The summed E-state index contributed by atoms with van der Waals surface area (Å²) in [6.45, 7) is 4.22. The maximum absolute atomic E-state index is 13.9. The summed E-state index contributed by atoms with van der Waals surface area (Å²) in [5.74, 6) is -2.85. The number of benzene rings is 2. The zero-order valence-corrected chi connectivity index (χ0v) is 26.3. The summed E-state index contributed by atoms with van der Waals surface area (Å²) in [4.78, 5) is 59.0. The van der Waals surface area contributed by atoms with Crippen molar-refractivity contribution in [3.8, 4) is 0 Å². The number of carboxylic acid groups (broad SMARTS) is 1. The van der Waals surface area contributed by atoms with Gasteiger partial charge >= 0.3 is 5.97 Å². The Labute approximate surface area is 268 Å². The Kier molecular flexibility index (Phi) is 11.9. The van der Waals surface area contributed by atoms with Crippen LogP contribution in [0.4, 0.5) is 0 Å². The topological polar surface area (TPSA) is 208 Å². The molecule has 2 heterocycles.